The Bertz CT molecular complexity index is 749. The molecule has 2 heterocycles. The van der Waals surface area contributed by atoms with E-state index in [0.717, 1.165) is 37.4 Å². The minimum Gasteiger partial charge on any atom is -0.496 e. The van der Waals surface area contributed by atoms with Crippen molar-refractivity contribution in [1.82, 2.24) is 4.90 Å². The van der Waals surface area contributed by atoms with E-state index in [1.807, 2.05) is 24.3 Å². The van der Waals surface area contributed by atoms with Crippen LogP contribution < -0.4 is 4.74 Å². The van der Waals surface area contributed by atoms with Gasteiger partial charge in [0.2, 0.25) is 0 Å². The summed E-state index contributed by atoms with van der Waals surface area (Å²) in [6.45, 7) is 0.757. The number of thiophene rings is 1. The summed E-state index contributed by atoms with van der Waals surface area (Å²) in [7, 11) is 1.65. The first-order valence-electron chi connectivity index (χ1n) is 7.58. The van der Waals surface area contributed by atoms with E-state index >= 15 is 0 Å². The highest BCUT2D eigenvalue weighted by Gasteiger charge is 2.38. The molecule has 24 heavy (non-hydrogen) atoms. The van der Waals surface area contributed by atoms with E-state index < -0.39 is 12.0 Å². The molecule has 7 heteroatoms. The number of carbonyl (C=O) groups is 1. The van der Waals surface area contributed by atoms with E-state index in [1.54, 1.807) is 18.4 Å². The molecule has 0 aliphatic carbocycles. The van der Waals surface area contributed by atoms with Gasteiger partial charge in [0.25, 0.3) is 0 Å². The van der Waals surface area contributed by atoms with Crippen molar-refractivity contribution in [1.29, 1.82) is 0 Å². The predicted molar refractivity (Wildman–Crippen MR) is 102 cm³/mol. The first-order chi connectivity index (χ1) is 11.5. The molecule has 0 saturated carbocycles. The number of ether oxygens (including phenoxy) is 1. The van der Waals surface area contributed by atoms with Crippen molar-refractivity contribution in [3.63, 3.8) is 0 Å². The molecule has 3 rings (SSSR count). The fourth-order valence-electron chi connectivity index (χ4n) is 3.25. The molecule has 0 spiro atoms. The van der Waals surface area contributed by atoms with Crippen molar-refractivity contribution in [3.05, 3.63) is 49.0 Å². The number of methoxy groups -OCH3 is 1. The summed E-state index contributed by atoms with van der Waals surface area (Å²) in [5.41, 5.74) is 0.981. The lowest BCUT2D eigenvalue weighted by Gasteiger charge is -2.32. The minimum atomic E-state index is -0.762. The van der Waals surface area contributed by atoms with E-state index in [0.29, 0.717) is 6.42 Å². The van der Waals surface area contributed by atoms with Gasteiger partial charge >= 0.3 is 5.97 Å². The summed E-state index contributed by atoms with van der Waals surface area (Å²) in [6, 6.07) is 9.31. The topological polar surface area (TPSA) is 49.8 Å². The summed E-state index contributed by atoms with van der Waals surface area (Å²) in [5.74, 6) is 0.00541. The van der Waals surface area contributed by atoms with Crippen LogP contribution in [-0.2, 0) is 4.79 Å². The zero-order chi connectivity index (χ0) is 17.3. The van der Waals surface area contributed by atoms with Crippen molar-refractivity contribution in [2.45, 2.75) is 24.9 Å². The van der Waals surface area contributed by atoms with E-state index in [-0.39, 0.29) is 6.04 Å². The van der Waals surface area contributed by atoms with Crippen molar-refractivity contribution >= 4 is 49.2 Å². The van der Waals surface area contributed by atoms with Gasteiger partial charge in [-0.15, -0.1) is 11.3 Å². The maximum absolute atomic E-state index is 11.7. The SMILES string of the molecule is COc1ccc(Br)cc1C(c1ccc(Br)s1)N1CCCC1C(=O)O. The van der Waals surface area contributed by atoms with Crippen LogP contribution >= 0.6 is 43.2 Å². The summed E-state index contributed by atoms with van der Waals surface area (Å²) >= 11 is 8.67. The van der Waals surface area contributed by atoms with Gasteiger partial charge < -0.3 is 9.84 Å². The number of nitrogens with zero attached hydrogens (tertiary/aromatic N) is 1. The molecule has 1 fully saturated rings. The molecular weight excluding hydrogens is 458 g/mol. The van der Waals surface area contributed by atoms with Crippen LogP contribution in [-0.4, -0.2) is 35.7 Å². The Balaban J connectivity index is 2.13. The van der Waals surface area contributed by atoms with Gasteiger partial charge in [-0.05, 0) is 59.1 Å². The quantitative estimate of drug-likeness (QED) is 0.668. The maximum Gasteiger partial charge on any atom is 0.320 e. The second-order valence-corrected chi connectivity index (χ2v) is 9.08. The van der Waals surface area contributed by atoms with Gasteiger partial charge in [0.05, 0.1) is 16.9 Å². The van der Waals surface area contributed by atoms with Gasteiger partial charge in [-0.3, -0.25) is 9.69 Å². The number of benzene rings is 1. The molecule has 1 aliphatic heterocycles. The number of carboxylic acid groups (broad SMARTS) is 1. The summed E-state index contributed by atoms with van der Waals surface area (Å²) in [5, 5.41) is 9.62. The molecule has 1 aromatic heterocycles. The third kappa shape index (κ3) is 3.54. The van der Waals surface area contributed by atoms with E-state index in [2.05, 4.69) is 42.8 Å². The predicted octanol–water partition coefficient (Wildman–Crippen LogP) is 4.92. The molecule has 0 bridgehead atoms. The molecule has 1 N–H and O–H groups in total. The number of carboxylic acids is 1. The molecule has 2 aromatic rings. The highest BCUT2D eigenvalue weighted by molar-refractivity contribution is 9.11. The molecule has 2 unspecified atom stereocenters. The fourth-order valence-corrected chi connectivity index (χ4v) is 5.20. The Morgan fingerprint density at radius 2 is 2.17 bits per heavy atom. The van der Waals surface area contributed by atoms with Gasteiger partial charge in [-0.2, -0.15) is 0 Å². The molecule has 128 valence electrons. The molecule has 4 nitrogen and oxygen atoms in total. The van der Waals surface area contributed by atoms with Crippen LogP contribution in [0.2, 0.25) is 0 Å². The van der Waals surface area contributed by atoms with E-state index in [4.69, 9.17) is 4.74 Å². The molecule has 1 aliphatic rings. The number of halogens is 2. The average molecular weight is 475 g/mol. The summed E-state index contributed by atoms with van der Waals surface area (Å²) in [6.07, 6.45) is 1.56. The third-order valence-corrected chi connectivity index (χ3v) is 6.43. The van der Waals surface area contributed by atoms with Gasteiger partial charge in [-0.1, -0.05) is 15.9 Å². The van der Waals surface area contributed by atoms with Crippen molar-refractivity contribution in [3.8, 4) is 5.75 Å². The van der Waals surface area contributed by atoms with Crippen LogP contribution in [0.25, 0.3) is 0 Å². The maximum atomic E-state index is 11.7. The van der Waals surface area contributed by atoms with Crippen LogP contribution in [0.15, 0.2) is 38.6 Å². The zero-order valence-corrected chi connectivity index (χ0v) is 17.0. The van der Waals surface area contributed by atoms with Gasteiger partial charge in [0, 0.05) is 21.5 Å². The Morgan fingerprint density at radius 1 is 1.38 bits per heavy atom. The minimum absolute atomic E-state index is 0.141. The summed E-state index contributed by atoms with van der Waals surface area (Å²) in [4.78, 5) is 14.9. The second-order valence-electron chi connectivity index (χ2n) is 5.66. The van der Waals surface area contributed by atoms with Gasteiger partial charge in [0.1, 0.15) is 11.8 Å². The van der Waals surface area contributed by atoms with E-state index in [9.17, 15) is 9.90 Å². The van der Waals surface area contributed by atoms with Crippen LogP contribution in [0.3, 0.4) is 0 Å². The normalized spacial score (nSPS) is 19.4. The number of aliphatic carboxylic acids is 1. The van der Waals surface area contributed by atoms with E-state index in [1.165, 1.54) is 0 Å². The molecule has 1 aromatic carbocycles. The highest BCUT2D eigenvalue weighted by atomic mass is 79.9. The Labute approximate surface area is 161 Å². The number of hydrogen-bond acceptors (Lipinski definition) is 4. The lowest BCUT2D eigenvalue weighted by Crippen LogP contribution is -2.39. The Morgan fingerprint density at radius 3 is 2.79 bits per heavy atom. The summed E-state index contributed by atoms with van der Waals surface area (Å²) < 4.78 is 7.54. The highest BCUT2D eigenvalue weighted by Crippen LogP contribution is 2.43. The monoisotopic (exact) mass is 473 g/mol. The van der Waals surface area contributed by atoms with Crippen LogP contribution in [0, 0.1) is 0 Å². The largest absolute Gasteiger partial charge is 0.496 e. The molecule has 1 saturated heterocycles. The fraction of sp³-hybridized carbons (Fsp3) is 0.353. The number of hydrogen-bond donors (Lipinski definition) is 1. The standard InChI is InChI=1S/C17H17Br2NO3S/c1-23-13-5-4-10(18)9-11(13)16(14-6-7-15(19)24-14)20-8-2-3-12(20)17(21)22/h4-7,9,12,16H,2-3,8H2,1H3,(H,21,22). The van der Waals surface area contributed by atoms with Crippen LogP contribution in [0.1, 0.15) is 29.3 Å². The Hall–Kier alpha value is -0.890. The van der Waals surface area contributed by atoms with Gasteiger partial charge in [-0.25, -0.2) is 0 Å². The lowest BCUT2D eigenvalue weighted by molar-refractivity contribution is -0.142. The lowest BCUT2D eigenvalue weighted by atomic mass is 10.0. The third-order valence-electron chi connectivity index (χ3n) is 4.26. The first kappa shape index (κ1) is 17.9. The molecular formula is C17H17Br2NO3S. The van der Waals surface area contributed by atoms with Gasteiger partial charge in [0.15, 0.2) is 0 Å². The number of rotatable bonds is 5. The van der Waals surface area contributed by atoms with Crippen molar-refractivity contribution in [2.75, 3.05) is 13.7 Å². The van der Waals surface area contributed by atoms with Crippen molar-refractivity contribution < 1.29 is 14.6 Å². The Kier molecular flexibility index (Phi) is 5.64. The van der Waals surface area contributed by atoms with Crippen LogP contribution in [0.5, 0.6) is 5.75 Å². The van der Waals surface area contributed by atoms with Crippen molar-refractivity contribution in [2.24, 2.45) is 0 Å². The molecule has 0 radical (unpaired) electrons. The van der Waals surface area contributed by atoms with Crippen LogP contribution in [0.4, 0.5) is 0 Å². The smallest absolute Gasteiger partial charge is 0.320 e. The zero-order valence-electron chi connectivity index (χ0n) is 13.0. The second kappa shape index (κ2) is 7.56. The number of likely N-dealkylation sites (tertiary alicyclic amines) is 1. The first-order valence-corrected chi connectivity index (χ1v) is 9.98. The average Bonchev–Trinajstić information content (AvgIpc) is 3.18. The molecule has 2 atom stereocenters. The molecule has 0 amide bonds.